The number of nitrogens with one attached hydrogen (secondary N) is 1. The number of amides is 3. The highest BCUT2D eigenvalue weighted by Gasteiger charge is 2.30. The number of nitrogens with zero attached hydrogens (tertiary/aromatic N) is 4. The van der Waals surface area contributed by atoms with Gasteiger partial charge in [-0.1, -0.05) is 0 Å². The molecule has 1 fully saturated rings. The van der Waals surface area contributed by atoms with E-state index in [9.17, 15) is 27.6 Å². The van der Waals surface area contributed by atoms with Crippen molar-refractivity contribution in [3.05, 3.63) is 83.2 Å². The third-order valence-electron chi connectivity index (χ3n) is 7.10. The van der Waals surface area contributed by atoms with Crippen LogP contribution < -0.4 is 10.1 Å². The lowest BCUT2D eigenvalue weighted by molar-refractivity contribution is -0.137. The van der Waals surface area contributed by atoms with Crippen molar-refractivity contribution in [1.29, 1.82) is 0 Å². The van der Waals surface area contributed by atoms with Crippen molar-refractivity contribution in [2.45, 2.75) is 13.1 Å². The summed E-state index contributed by atoms with van der Waals surface area (Å²) < 4.78 is 46.1. The van der Waals surface area contributed by atoms with Crippen molar-refractivity contribution in [2.24, 2.45) is 7.05 Å². The Kier molecular flexibility index (Phi) is 7.50. The topological polar surface area (TPSA) is 117 Å². The molecule has 2 aromatic carbocycles. The number of piperazine rings is 1. The van der Waals surface area contributed by atoms with E-state index in [2.05, 4.69) is 10.3 Å². The van der Waals surface area contributed by atoms with Gasteiger partial charge in [-0.3, -0.25) is 9.59 Å². The Morgan fingerprint density at radius 3 is 2.24 bits per heavy atom. The van der Waals surface area contributed by atoms with Crippen molar-refractivity contribution in [3.63, 3.8) is 0 Å². The normalized spacial score (nSPS) is 13.7. The van der Waals surface area contributed by atoms with Crippen molar-refractivity contribution in [1.82, 2.24) is 19.4 Å². The highest BCUT2D eigenvalue weighted by Crippen LogP contribution is 2.30. The molecule has 5 rings (SSSR count). The number of carboxylic acid groups (broad SMARTS) is 1. The lowest BCUT2D eigenvalue weighted by Crippen LogP contribution is -2.50. The van der Waals surface area contributed by atoms with E-state index >= 15 is 0 Å². The fraction of sp³-hybridized carbons (Fsp3) is 0.241. The Labute approximate surface area is 237 Å². The molecule has 0 aliphatic carbocycles. The molecule has 0 bridgehead atoms. The minimum atomic E-state index is -4.49. The molecule has 218 valence electrons. The highest BCUT2D eigenvalue weighted by molar-refractivity contribution is 6.04. The summed E-state index contributed by atoms with van der Waals surface area (Å²) in [7, 11) is 1.78. The summed E-state index contributed by atoms with van der Waals surface area (Å²) in [4.78, 5) is 44.0. The Morgan fingerprint density at radius 1 is 0.952 bits per heavy atom. The second-order valence-corrected chi connectivity index (χ2v) is 9.84. The second kappa shape index (κ2) is 11.1. The van der Waals surface area contributed by atoms with E-state index in [1.54, 1.807) is 47.7 Å². The van der Waals surface area contributed by atoms with Gasteiger partial charge in [0.2, 0.25) is 5.88 Å². The molecule has 0 spiro atoms. The fourth-order valence-electron chi connectivity index (χ4n) is 4.70. The largest absolute Gasteiger partial charge is 0.465 e. The van der Waals surface area contributed by atoms with Crippen LogP contribution >= 0.6 is 0 Å². The van der Waals surface area contributed by atoms with E-state index < -0.39 is 23.7 Å². The molecule has 10 nitrogen and oxygen atoms in total. The van der Waals surface area contributed by atoms with E-state index in [0.29, 0.717) is 35.8 Å². The van der Waals surface area contributed by atoms with Gasteiger partial charge in [0.15, 0.2) is 0 Å². The SMILES string of the molecule is Cc1cc(Oc2ccc3c(c2)cc(C(=O)N2CCN(C(=O)O)CC2)n3C)ncc1NC(=O)c1ccc(C(F)(F)F)cc1. The van der Waals surface area contributed by atoms with Crippen LogP contribution in [0.1, 0.15) is 32.0 Å². The highest BCUT2D eigenvalue weighted by atomic mass is 19.4. The number of halogens is 3. The average molecular weight is 582 g/mol. The van der Waals surface area contributed by atoms with Gasteiger partial charge < -0.3 is 29.5 Å². The van der Waals surface area contributed by atoms with Gasteiger partial charge in [-0.2, -0.15) is 13.2 Å². The number of fused-ring (bicyclic) bond motifs is 1. The number of aryl methyl sites for hydroxylation is 2. The van der Waals surface area contributed by atoms with Crippen molar-refractivity contribution >= 4 is 34.5 Å². The summed E-state index contributed by atoms with van der Waals surface area (Å²) >= 11 is 0. The van der Waals surface area contributed by atoms with Gasteiger partial charge in [0.1, 0.15) is 11.4 Å². The second-order valence-electron chi connectivity index (χ2n) is 9.84. The van der Waals surface area contributed by atoms with Crippen molar-refractivity contribution < 1.29 is 37.4 Å². The summed E-state index contributed by atoms with van der Waals surface area (Å²) in [6.45, 7) is 2.87. The van der Waals surface area contributed by atoms with Gasteiger partial charge >= 0.3 is 12.3 Å². The van der Waals surface area contributed by atoms with E-state index in [-0.39, 0.29) is 30.4 Å². The molecule has 0 saturated carbocycles. The zero-order valence-corrected chi connectivity index (χ0v) is 22.6. The van der Waals surface area contributed by atoms with Gasteiger partial charge in [-0.25, -0.2) is 9.78 Å². The minimum absolute atomic E-state index is 0.0688. The van der Waals surface area contributed by atoms with Crippen LogP contribution in [-0.4, -0.2) is 68.5 Å². The number of carbonyl (C=O) groups excluding carboxylic acids is 2. The first kappa shape index (κ1) is 28.5. The van der Waals surface area contributed by atoms with Gasteiger partial charge in [0.05, 0.1) is 17.4 Å². The molecule has 2 aromatic heterocycles. The van der Waals surface area contributed by atoms with Crippen molar-refractivity contribution in [3.8, 4) is 11.6 Å². The van der Waals surface area contributed by atoms with Crippen LogP contribution in [0.3, 0.4) is 0 Å². The van der Waals surface area contributed by atoms with Gasteiger partial charge in [-0.15, -0.1) is 0 Å². The number of benzene rings is 2. The number of carbonyl (C=O) groups is 3. The summed E-state index contributed by atoms with van der Waals surface area (Å²) in [5.74, 6) is -0.0445. The summed E-state index contributed by atoms with van der Waals surface area (Å²) in [6.07, 6.45) is -4.09. The average Bonchev–Trinajstić information content (AvgIpc) is 3.29. The molecule has 3 heterocycles. The number of pyridine rings is 1. The predicted molar refractivity (Wildman–Crippen MR) is 147 cm³/mol. The first-order valence-corrected chi connectivity index (χ1v) is 12.9. The Hall–Kier alpha value is -5.07. The Bertz CT molecular complexity index is 1680. The predicted octanol–water partition coefficient (Wildman–Crippen LogP) is 5.38. The summed E-state index contributed by atoms with van der Waals surface area (Å²) in [6, 6.07) is 12.6. The lowest BCUT2D eigenvalue weighted by Gasteiger charge is -2.33. The molecule has 1 aliphatic heterocycles. The molecular formula is C29H26F3N5O5. The van der Waals surface area contributed by atoms with E-state index in [0.717, 1.165) is 35.2 Å². The van der Waals surface area contributed by atoms with Crippen LogP contribution in [0.4, 0.5) is 23.7 Å². The molecular weight excluding hydrogens is 555 g/mol. The quantitative estimate of drug-likeness (QED) is 0.327. The molecule has 0 unspecified atom stereocenters. The zero-order valence-electron chi connectivity index (χ0n) is 22.6. The number of aromatic nitrogens is 2. The number of hydrogen-bond acceptors (Lipinski definition) is 5. The number of ether oxygens (including phenoxy) is 1. The van der Waals surface area contributed by atoms with E-state index in [4.69, 9.17) is 9.84 Å². The minimum Gasteiger partial charge on any atom is -0.465 e. The first-order valence-electron chi connectivity index (χ1n) is 12.9. The lowest BCUT2D eigenvalue weighted by atomic mass is 10.1. The zero-order chi connectivity index (χ0) is 30.2. The van der Waals surface area contributed by atoms with Crippen LogP contribution in [0.25, 0.3) is 10.9 Å². The van der Waals surface area contributed by atoms with Gasteiger partial charge in [0.25, 0.3) is 11.8 Å². The van der Waals surface area contributed by atoms with Gasteiger partial charge in [0, 0.05) is 55.8 Å². The third kappa shape index (κ3) is 5.85. The van der Waals surface area contributed by atoms with Crippen molar-refractivity contribution in [2.75, 3.05) is 31.5 Å². The monoisotopic (exact) mass is 581 g/mol. The molecule has 2 N–H and O–H groups in total. The summed E-state index contributed by atoms with van der Waals surface area (Å²) in [5, 5.41) is 12.6. The van der Waals surface area contributed by atoms with Crippen LogP contribution in [0.2, 0.25) is 0 Å². The van der Waals surface area contributed by atoms with Crippen LogP contribution in [-0.2, 0) is 13.2 Å². The molecule has 0 radical (unpaired) electrons. The maximum absolute atomic E-state index is 13.2. The fourth-order valence-corrected chi connectivity index (χ4v) is 4.70. The molecule has 1 aliphatic rings. The molecule has 4 aromatic rings. The maximum Gasteiger partial charge on any atom is 0.416 e. The first-order chi connectivity index (χ1) is 19.9. The molecule has 1 saturated heterocycles. The molecule has 42 heavy (non-hydrogen) atoms. The summed E-state index contributed by atoms with van der Waals surface area (Å²) in [5.41, 5.74) is 1.49. The number of alkyl halides is 3. The maximum atomic E-state index is 13.2. The Morgan fingerprint density at radius 2 is 1.62 bits per heavy atom. The van der Waals surface area contributed by atoms with Crippen LogP contribution in [0, 0.1) is 6.92 Å². The van der Waals surface area contributed by atoms with Gasteiger partial charge in [-0.05, 0) is 61.0 Å². The smallest absolute Gasteiger partial charge is 0.416 e. The van der Waals surface area contributed by atoms with Crippen LogP contribution in [0.5, 0.6) is 11.6 Å². The number of rotatable bonds is 5. The van der Waals surface area contributed by atoms with Crippen LogP contribution in [0.15, 0.2) is 60.8 Å². The number of hydrogen-bond donors (Lipinski definition) is 2. The number of anilines is 1. The van der Waals surface area contributed by atoms with E-state index in [1.807, 2.05) is 6.07 Å². The molecule has 13 heteroatoms. The van der Waals surface area contributed by atoms with E-state index in [1.165, 1.54) is 11.1 Å². The standard InChI is InChI=1S/C29H26F3N5O5/c1-17-13-25(33-16-22(17)34-26(38)18-3-5-20(6-4-18)29(30,31)32)42-21-7-8-23-19(14-21)15-24(35(23)2)27(39)36-9-11-37(12-10-36)28(40)41/h3-8,13-16H,9-12H2,1-2H3,(H,34,38)(H,40,41). The molecule has 0 atom stereocenters. The Balaban J connectivity index is 1.26. The third-order valence-corrected chi connectivity index (χ3v) is 7.10. The molecule has 3 amide bonds.